The van der Waals surface area contributed by atoms with Crippen molar-refractivity contribution < 1.29 is 0 Å². The Hall–Kier alpha value is -3.74. The lowest BCUT2D eigenvalue weighted by molar-refractivity contribution is 0.783. The second kappa shape index (κ2) is 7.94. The van der Waals surface area contributed by atoms with E-state index in [4.69, 9.17) is 15.7 Å². The van der Waals surface area contributed by atoms with Gasteiger partial charge in [0.05, 0.1) is 23.4 Å². The van der Waals surface area contributed by atoms with E-state index < -0.39 is 0 Å². The first kappa shape index (κ1) is 19.6. The summed E-state index contributed by atoms with van der Waals surface area (Å²) in [6.07, 6.45) is 5.37. The van der Waals surface area contributed by atoms with Gasteiger partial charge in [-0.2, -0.15) is 5.10 Å². The zero-order chi connectivity index (χ0) is 21.3. The van der Waals surface area contributed by atoms with Crippen molar-refractivity contribution in [3.63, 3.8) is 0 Å². The maximum Gasteiger partial charge on any atom is 0.156 e. The topological polar surface area (TPSA) is 97.8 Å². The molecule has 0 unspecified atom stereocenters. The molecule has 1 aromatic carbocycles. The van der Waals surface area contributed by atoms with Crippen LogP contribution < -0.4 is 5.73 Å². The fraction of sp³-hybridized carbons (Fsp3) is 0.217. The van der Waals surface area contributed by atoms with E-state index >= 15 is 0 Å². The standard InChI is InChI=1S/C23H25N7/c1-14(24)11-20(26-13-17-7-9-25-10-8-17)23-27-16(3)22(28-23)18-5-6-21-19(12-18)15(2)29-30(21)4/h5-12H,13,24H2,1-4H3,(H,27,28). The van der Waals surface area contributed by atoms with Crippen LogP contribution in [0.4, 0.5) is 0 Å². The summed E-state index contributed by atoms with van der Waals surface area (Å²) >= 11 is 0. The number of fused-ring (bicyclic) bond motifs is 1. The second-order valence-corrected chi connectivity index (χ2v) is 7.45. The molecule has 0 saturated carbocycles. The Morgan fingerprint density at radius 3 is 2.70 bits per heavy atom. The number of hydrogen-bond acceptors (Lipinski definition) is 5. The van der Waals surface area contributed by atoms with Gasteiger partial charge in [-0.25, -0.2) is 4.98 Å². The van der Waals surface area contributed by atoms with E-state index in [1.807, 2.05) is 50.7 Å². The van der Waals surface area contributed by atoms with Crippen molar-refractivity contribution in [3.05, 3.63) is 77.3 Å². The lowest BCUT2D eigenvalue weighted by Gasteiger charge is -2.01. The van der Waals surface area contributed by atoms with Crippen LogP contribution in [0, 0.1) is 13.8 Å². The van der Waals surface area contributed by atoms with Crippen molar-refractivity contribution in [2.24, 2.45) is 17.8 Å². The summed E-state index contributed by atoms with van der Waals surface area (Å²) in [5, 5.41) is 5.64. The first-order valence-corrected chi connectivity index (χ1v) is 9.80. The zero-order valence-corrected chi connectivity index (χ0v) is 17.6. The molecule has 0 aliphatic carbocycles. The van der Waals surface area contributed by atoms with Crippen LogP contribution >= 0.6 is 0 Å². The minimum absolute atomic E-state index is 0.525. The van der Waals surface area contributed by atoms with Crippen molar-refractivity contribution in [2.75, 3.05) is 0 Å². The van der Waals surface area contributed by atoms with Gasteiger partial charge < -0.3 is 10.7 Å². The van der Waals surface area contributed by atoms with Crippen LogP contribution in [0.2, 0.25) is 0 Å². The molecule has 0 saturated heterocycles. The molecule has 3 aromatic heterocycles. The molecule has 4 rings (SSSR count). The average Bonchev–Trinajstić information content (AvgIpc) is 3.25. The molecular weight excluding hydrogens is 374 g/mol. The molecule has 0 aliphatic rings. The van der Waals surface area contributed by atoms with Gasteiger partial charge in [0, 0.05) is 41.8 Å². The number of nitrogens with zero attached hydrogens (tertiary/aromatic N) is 5. The Kier molecular flexibility index (Phi) is 5.18. The average molecular weight is 400 g/mol. The Morgan fingerprint density at radius 2 is 1.97 bits per heavy atom. The third-order valence-corrected chi connectivity index (χ3v) is 4.98. The summed E-state index contributed by atoms with van der Waals surface area (Å²) in [7, 11) is 1.96. The van der Waals surface area contributed by atoms with E-state index in [2.05, 4.69) is 33.3 Å². The zero-order valence-electron chi connectivity index (χ0n) is 17.6. The molecule has 30 heavy (non-hydrogen) atoms. The number of aromatic amines is 1. The third-order valence-electron chi connectivity index (χ3n) is 4.98. The van der Waals surface area contributed by atoms with Gasteiger partial charge in [-0.15, -0.1) is 0 Å². The van der Waals surface area contributed by atoms with E-state index in [9.17, 15) is 0 Å². The van der Waals surface area contributed by atoms with Crippen LogP contribution in [0.5, 0.6) is 0 Å². The van der Waals surface area contributed by atoms with Crippen molar-refractivity contribution in [1.82, 2.24) is 24.7 Å². The molecule has 152 valence electrons. The molecule has 7 heteroatoms. The number of pyridine rings is 1. The van der Waals surface area contributed by atoms with Crippen LogP contribution in [0.15, 0.2) is 59.5 Å². The van der Waals surface area contributed by atoms with Gasteiger partial charge in [-0.05, 0) is 56.7 Å². The molecular formula is C23H25N7. The number of nitrogens with two attached hydrogens (primary N) is 1. The highest BCUT2D eigenvalue weighted by Gasteiger charge is 2.14. The first-order valence-electron chi connectivity index (χ1n) is 9.80. The summed E-state index contributed by atoms with van der Waals surface area (Å²) in [5.41, 5.74) is 13.5. The van der Waals surface area contributed by atoms with Crippen molar-refractivity contribution in [2.45, 2.75) is 27.3 Å². The van der Waals surface area contributed by atoms with Gasteiger partial charge in [-0.3, -0.25) is 14.7 Å². The van der Waals surface area contributed by atoms with Crippen LogP contribution in [0.1, 0.15) is 29.7 Å². The van der Waals surface area contributed by atoms with Gasteiger partial charge in [-0.1, -0.05) is 6.07 Å². The van der Waals surface area contributed by atoms with Gasteiger partial charge in [0.2, 0.25) is 0 Å². The van der Waals surface area contributed by atoms with E-state index in [-0.39, 0.29) is 0 Å². The summed E-state index contributed by atoms with van der Waals surface area (Å²) in [5.74, 6) is 0.698. The maximum atomic E-state index is 5.96. The highest BCUT2D eigenvalue weighted by molar-refractivity contribution is 6.07. The number of aromatic nitrogens is 5. The van der Waals surface area contributed by atoms with E-state index in [0.717, 1.165) is 44.8 Å². The molecule has 3 N–H and O–H groups in total. The summed E-state index contributed by atoms with van der Waals surface area (Å²) in [4.78, 5) is 17.0. The molecule has 0 fully saturated rings. The fourth-order valence-corrected chi connectivity index (χ4v) is 3.52. The number of H-pyrrole nitrogens is 1. The predicted molar refractivity (Wildman–Crippen MR) is 120 cm³/mol. The van der Waals surface area contributed by atoms with E-state index in [1.54, 1.807) is 12.4 Å². The van der Waals surface area contributed by atoms with Crippen molar-refractivity contribution in [3.8, 4) is 11.3 Å². The molecule has 0 bridgehead atoms. The highest BCUT2D eigenvalue weighted by Crippen LogP contribution is 2.27. The first-order chi connectivity index (χ1) is 14.4. The maximum absolute atomic E-state index is 5.96. The molecule has 0 atom stereocenters. The Bertz CT molecular complexity index is 1260. The number of hydrogen-bond donors (Lipinski definition) is 2. The second-order valence-electron chi connectivity index (χ2n) is 7.45. The van der Waals surface area contributed by atoms with Gasteiger partial charge in [0.15, 0.2) is 5.82 Å². The Labute approximate surface area is 175 Å². The van der Waals surface area contributed by atoms with Crippen LogP contribution in [-0.4, -0.2) is 30.4 Å². The molecule has 0 spiro atoms. The van der Waals surface area contributed by atoms with Gasteiger partial charge >= 0.3 is 0 Å². The number of imidazole rings is 1. The Morgan fingerprint density at radius 1 is 1.20 bits per heavy atom. The number of aryl methyl sites for hydroxylation is 3. The summed E-state index contributed by atoms with van der Waals surface area (Å²) in [6.45, 7) is 6.41. The van der Waals surface area contributed by atoms with Gasteiger partial charge in [0.1, 0.15) is 5.71 Å². The molecule has 0 radical (unpaired) electrons. The summed E-state index contributed by atoms with van der Waals surface area (Å²) in [6, 6.07) is 10.2. The van der Waals surface area contributed by atoms with Crippen LogP contribution in [0.25, 0.3) is 22.2 Å². The lowest BCUT2D eigenvalue weighted by atomic mass is 10.1. The molecule has 7 nitrogen and oxygen atoms in total. The van der Waals surface area contributed by atoms with Crippen LogP contribution in [0.3, 0.4) is 0 Å². The fourth-order valence-electron chi connectivity index (χ4n) is 3.52. The minimum atomic E-state index is 0.525. The van der Waals surface area contributed by atoms with Gasteiger partial charge in [0.25, 0.3) is 0 Å². The predicted octanol–water partition coefficient (Wildman–Crippen LogP) is 3.83. The van der Waals surface area contributed by atoms with E-state index in [1.165, 1.54) is 0 Å². The largest absolute Gasteiger partial charge is 0.402 e. The smallest absolute Gasteiger partial charge is 0.156 e. The number of allylic oxidation sites excluding steroid dienone is 2. The number of aliphatic imine (C=N–C) groups is 1. The monoisotopic (exact) mass is 399 g/mol. The van der Waals surface area contributed by atoms with E-state index in [0.29, 0.717) is 18.1 Å². The SMILES string of the molecule is CC(N)=CC(=NCc1ccncc1)c1nc(-c2ccc3c(c2)c(C)nn3C)c(C)[nH]1. The Balaban J connectivity index is 1.73. The quantitative estimate of drug-likeness (QED) is 0.498. The highest BCUT2D eigenvalue weighted by atomic mass is 15.3. The minimum Gasteiger partial charge on any atom is -0.402 e. The molecule has 4 aromatic rings. The number of benzene rings is 1. The van der Waals surface area contributed by atoms with Crippen molar-refractivity contribution in [1.29, 1.82) is 0 Å². The number of rotatable bonds is 5. The normalized spacial score (nSPS) is 12.7. The van der Waals surface area contributed by atoms with Crippen LogP contribution in [-0.2, 0) is 13.6 Å². The molecule has 0 aliphatic heterocycles. The molecule has 3 heterocycles. The molecule has 0 amide bonds. The number of nitrogens with one attached hydrogen (secondary N) is 1. The lowest BCUT2D eigenvalue weighted by Crippen LogP contribution is -2.05. The summed E-state index contributed by atoms with van der Waals surface area (Å²) < 4.78 is 1.90. The van der Waals surface area contributed by atoms with Crippen molar-refractivity contribution >= 4 is 16.6 Å². The third kappa shape index (κ3) is 3.87.